The summed E-state index contributed by atoms with van der Waals surface area (Å²) in [5, 5.41) is 3.17. The molecular weight excluding hydrogens is 424 g/mol. The van der Waals surface area contributed by atoms with Crippen molar-refractivity contribution in [3.8, 4) is 5.75 Å². The summed E-state index contributed by atoms with van der Waals surface area (Å²) in [6, 6.07) is 17.6. The Morgan fingerprint density at radius 2 is 1.65 bits per heavy atom. The van der Waals surface area contributed by atoms with Crippen LogP contribution in [-0.2, 0) is 21.4 Å². The highest BCUT2D eigenvalue weighted by Gasteiger charge is 2.28. The van der Waals surface area contributed by atoms with Crippen molar-refractivity contribution in [2.75, 3.05) is 13.2 Å². The van der Waals surface area contributed by atoms with Gasteiger partial charge in [-0.25, -0.2) is 0 Å². The van der Waals surface area contributed by atoms with Crippen LogP contribution in [0.3, 0.4) is 0 Å². The van der Waals surface area contributed by atoms with Crippen LogP contribution in [0.5, 0.6) is 5.75 Å². The molecule has 0 aromatic heterocycles. The zero-order valence-electron chi connectivity index (χ0n) is 21.2. The standard InChI is InChI=1S/C29H40N2O3/c1-22(28(33)30-25-13-9-6-10-14-25)31(20-19-23-11-7-5-8-12-23)27(32)21-34-26-17-15-24(16-18-26)29(2,3)4/h5,7-8,11-12,15-18,22,25H,6,9-10,13-14,19-21H2,1-4H3,(H,30,33). The van der Waals surface area contributed by atoms with E-state index >= 15 is 0 Å². The number of nitrogens with one attached hydrogen (secondary N) is 1. The maximum Gasteiger partial charge on any atom is 0.261 e. The fourth-order valence-electron chi connectivity index (χ4n) is 4.42. The highest BCUT2D eigenvalue weighted by atomic mass is 16.5. The lowest BCUT2D eigenvalue weighted by atomic mass is 9.87. The Labute approximate surface area is 204 Å². The van der Waals surface area contributed by atoms with Crippen molar-refractivity contribution in [2.45, 2.75) is 83.7 Å². The molecule has 0 radical (unpaired) electrons. The van der Waals surface area contributed by atoms with E-state index < -0.39 is 6.04 Å². The fraction of sp³-hybridized carbons (Fsp3) is 0.517. The third-order valence-corrected chi connectivity index (χ3v) is 6.69. The number of hydrogen-bond donors (Lipinski definition) is 1. The van der Waals surface area contributed by atoms with E-state index in [9.17, 15) is 9.59 Å². The van der Waals surface area contributed by atoms with E-state index in [1.54, 1.807) is 4.90 Å². The molecule has 1 saturated carbocycles. The number of hydrogen-bond acceptors (Lipinski definition) is 3. The van der Waals surface area contributed by atoms with Crippen molar-refractivity contribution in [1.82, 2.24) is 10.2 Å². The molecule has 0 spiro atoms. The molecule has 1 unspecified atom stereocenters. The van der Waals surface area contributed by atoms with Gasteiger partial charge in [0.2, 0.25) is 5.91 Å². The first-order valence-electron chi connectivity index (χ1n) is 12.6. The van der Waals surface area contributed by atoms with Gasteiger partial charge < -0.3 is 15.0 Å². The van der Waals surface area contributed by atoms with E-state index in [-0.39, 0.29) is 29.9 Å². The maximum atomic E-state index is 13.2. The minimum Gasteiger partial charge on any atom is -0.484 e. The normalized spacial score (nSPS) is 15.4. The summed E-state index contributed by atoms with van der Waals surface area (Å²) in [6.45, 7) is 8.68. The number of nitrogens with zero attached hydrogens (tertiary/aromatic N) is 1. The topological polar surface area (TPSA) is 58.6 Å². The van der Waals surface area contributed by atoms with Crippen LogP contribution in [0.25, 0.3) is 0 Å². The van der Waals surface area contributed by atoms with Gasteiger partial charge in [-0.05, 0) is 54.9 Å². The second kappa shape index (κ2) is 12.0. The van der Waals surface area contributed by atoms with E-state index in [4.69, 9.17) is 4.74 Å². The number of benzene rings is 2. The van der Waals surface area contributed by atoms with E-state index in [1.807, 2.05) is 61.5 Å². The van der Waals surface area contributed by atoms with Crippen LogP contribution in [0, 0.1) is 0 Å². The van der Waals surface area contributed by atoms with Crippen LogP contribution in [0.2, 0.25) is 0 Å². The molecule has 3 rings (SSSR count). The third-order valence-electron chi connectivity index (χ3n) is 6.69. The highest BCUT2D eigenvalue weighted by molar-refractivity contribution is 5.88. The van der Waals surface area contributed by atoms with Gasteiger partial charge in [-0.15, -0.1) is 0 Å². The second-order valence-electron chi connectivity index (χ2n) is 10.4. The lowest BCUT2D eigenvalue weighted by molar-refractivity contribution is -0.141. The molecule has 184 valence electrons. The molecule has 34 heavy (non-hydrogen) atoms. The van der Waals surface area contributed by atoms with Crippen molar-refractivity contribution in [1.29, 1.82) is 0 Å². The fourth-order valence-corrected chi connectivity index (χ4v) is 4.42. The number of carbonyl (C=O) groups excluding carboxylic acids is 2. The van der Waals surface area contributed by atoms with Crippen LogP contribution < -0.4 is 10.1 Å². The number of amides is 2. The summed E-state index contributed by atoms with van der Waals surface area (Å²) < 4.78 is 5.83. The molecule has 1 aliphatic carbocycles. The zero-order valence-corrected chi connectivity index (χ0v) is 21.2. The summed E-state index contributed by atoms with van der Waals surface area (Å²) in [7, 11) is 0. The molecular formula is C29H40N2O3. The van der Waals surface area contributed by atoms with Gasteiger partial charge in [0, 0.05) is 12.6 Å². The van der Waals surface area contributed by atoms with E-state index in [0.29, 0.717) is 18.7 Å². The summed E-state index contributed by atoms with van der Waals surface area (Å²) in [6.07, 6.45) is 6.26. The van der Waals surface area contributed by atoms with Gasteiger partial charge in [-0.3, -0.25) is 9.59 Å². The van der Waals surface area contributed by atoms with Crippen LogP contribution >= 0.6 is 0 Å². The summed E-state index contributed by atoms with van der Waals surface area (Å²) in [5.74, 6) is 0.397. The number of carbonyl (C=O) groups is 2. The van der Waals surface area contributed by atoms with Crippen molar-refractivity contribution < 1.29 is 14.3 Å². The van der Waals surface area contributed by atoms with Crippen molar-refractivity contribution in [3.63, 3.8) is 0 Å². The van der Waals surface area contributed by atoms with Gasteiger partial charge in [0.25, 0.3) is 5.91 Å². The molecule has 1 fully saturated rings. The first-order valence-corrected chi connectivity index (χ1v) is 12.6. The van der Waals surface area contributed by atoms with Crippen molar-refractivity contribution in [2.24, 2.45) is 0 Å². The van der Waals surface area contributed by atoms with Crippen LogP contribution in [0.15, 0.2) is 54.6 Å². The first kappa shape index (κ1) is 25.8. The molecule has 5 heteroatoms. The quantitative estimate of drug-likeness (QED) is 0.550. The van der Waals surface area contributed by atoms with Gasteiger partial charge in [-0.1, -0.05) is 82.5 Å². The summed E-state index contributed by atoms with van der Waals surface area (Å²) in [5.41, 5.74) is 2.41. The predicted molar refractivity (Wildman–Crippen MR) is 137 cm³/mol. The Hall–Kier alpha value is -2.82. The van der Waals surface area contributed by atoms with Gasteiger partial charge in [0.15, 0.2) is 6.61 Å². The smallest absolute Gasteiger partial charge is 0.261 e. The number of ether oxygens (including phenoxy) is 1. The monoisotopic (exact) mass is 464 g/mol. The molecule has 0 saturated heterocycles. The van der Waals surface area contributed by atoms with Gasteiger partial charge >= 0.3 is 0 Å². The molecule has 0 heterocycles. The lowest BCUT2D eigenvalue weighted by Gasteiger charge is -2.31. The Morgan fingerprint density at radius 3 is 2.26 bits per heavy atom. The Kier molecular flexibility index (Phi) is 9.14. The minimum atomic E-state index is -0.551. The summed E-state index contributed by atoms with van der Waals surface area (Å²) >= 11 is 0. The Morgan fingerprint density at radius 1 is 1.00 bits per heavy atom. The van der Waals surface area contributed by atoms with Gasteiger partial charge in [0.1, 0.15) is 11.8 Å². The molecule has 2 aromatic rings. The minimum absolute atomic E-state index is 0.0592. The van der Waals surface area contributed by atoms with E-state index in [0.717, 1.165) is 31.2 Å². The average Bonchev–Trinajstić information content (AvgIpc) is 2.83. The van der Waals surface area contributed by atoms with Gasteiger partial charge in [0.05, 0.1) is 0 Å². The maximum absolute atomic E-state index is 13.2. The van der Waals surface area contributed by atoms with Crippen LogP contribution in [0.1, 0.15) is 70.9 Å². The molecule has 1 aliphatic rings. The highest BCUT2D eigenvalue weighted by Crippen LogP contribution is 2.24. The molecule has 1 atom stereocenters. The van der Waals surface area contributed by atoms with E-state index in [2.05, 4.69) is 26.1 Å². The molecule has 0 aliphatic heterocycles. The second-order valence-corrected chi connectivity index (χ2v) is 10.4. The molecule has 1 N–H and O–H groups in total. The number of rotatable bonds is 9. The SMILES string of the molecule is CC(C(=O)NC1CCCCC1)N(CCc1ccccc1)C(=O)COc1ccc(C(C)(C)C)cc1. The summed E-state index contributed by atoms with van der Waals surface area (Å²) in [4.78, 5) is 27.9. The molecule has 2 aromatic carbocycles. The first-order chi connectivity index (χ1) is 16.2. The van der Waals surface area contributed by atoms with Crippen LogP contribution in [0.4, 0.5) is 0 Å². The largest absolute Gasteiger partial charge is 0.484 e. The molecule has 5 nitrogen and oxygen atoms in total. The lowest BCUT2D eigenvalue weighted by Crippen LogP contribution is -2.52. The molecule has 0 bridgehead atoms. The van der Waals surface area contributed by atoms with E-state index in [1.165, 1.54) is 12.0 Å². The predicted octanol–water partition coefficient (Wildman–Crippen LogP) is 5.27. The van der Waals surface area contributed by atoms with Crippen molar-refractivity contribution in [3.05, 3.63) is 65.7 Å². The van der Waals surface area contributed by atoms with Crippen molar-refractivity contribution >= 4 is 11.8 Å². The van der Waals surface area contributed by atoms with Gasteiger partial charge in [-0.2, -0.15) is 0 Å². The Bertz CT molecular complexity index is 913. The average molecular weight is 465 g/mol. The Balaban J connectivity index is 1.64. The molecule has 2 amide bonds. The van der Waals surface area contributed by atoms with Crippen LogP contribution in [-0.4, -0.2) is 41.9 Å². The third kappa shape index (κ3) is 7.61. The zero-order chi connectivity index (χ0) is 24.6.